The molecule has 4 fully saturated rings. The maximum atomic E-state index is 11.5. The number of esters is 1. The third-order valence-corrected chi connectivity index (χ3v) is 5.06. The first-order chi connectivity index (χ1) is 8.54. The van der Waals surface area contributed by atoms with Gasteiger partial charge in [-0.15, -0.1) is 0 Å². The molecule has 4 heteroatoms. The molecule has 4 bridgehead atoms. The Kier molecular flexibility index (Phi) is 2.50. The largest absolute Gasteiger partial charge is 0.481 e. The van der Waals surface area contributed by atoms with Crippen molar-refractivity contribution in [2.24, 2.45) is 23.2 Å². The molecule has 18 heavy (non-hydrogen) atoms. The molecule has 0 aromatic heterocycles. The summed E-state index contributed by atoms with van der Waals surface area (Å²) in [5.41, 5.74) is -0.534. The van der Waals surface area contributed by atoms with Crippen molar-refractivity contribution in [3.63, 3.8) is 0 Å². The molecule has 0 saturated heterocycles. The first-order valence-corrected chi connectivity index (χ1v) is 6.60. The van der Waals surface area contributed by atoms with Gasteiger partial charge in [0, 0.05) is 6.08 Å². The van der Waals surface area contributed by atoms with E-state index < -0.39 is 11.4 Å². The molecule has 2 unspecified atom stereocenters. The van der Waals surface area contributed by atoms with Crippen LogP contribution >= 0.6 is 0 Å². The average Bonchev–Trinajstić information content (AvgIpc) is 2.32. The summed E-state index contributed by atoms with van der Waals surface area (Å²) in [6.45, 7) is 3.42. The van der Waals surface area contributed by atoms with Gasteiger partial charge < -0.3 is 9.84 Å². The molecule has 4 saturated carbocycles. The van der Waals surface area contributed by atoms with Crippen molar-refractivity contribution >= 4 is 11.9 Å². The molecule has 0 spiro atoms. The highest BCUT2D eigenvalue weighted by atomic mass is 16.5. The number of carbonyl (C=O) groups excluding carboxylic acids is 1. The smallest absolute Gasteiger partial charge is 0.330 e. The van der Waals surface area contributed by atoms with Crippen molar-refractivity contribution in [2.75, 3.05) is 0 Å². The number of aliphatic carboxylic acids is 1. The van der Waals surface area contributed by atoms with Crippen molar-refractivity contribution in [3.05, 3.63) is 12.7 Å². The van der Waals surface area contributed by atoms with Gasteiger partial charge in [-0.3, -0.25) is 4.79 Å². The molecule has 4 rings (SSSR count). The van der Waals surface area contributed by atoms with Gasteiger partial charge in [-0.25, -0.2) is 4.79 Å². The van der Waals surface area contributed by atoms with E-state index in [0.717, 1.165) is 19.3 Å². The second-order valence-electron chi connectivity index (χ2n) is 6.16. The van der Waals surface area contributed by atoms with Crippen LogP contribution in [0.5, 0.6) is 0 Å². The summed E-state index contributed by atoms with van der Waals surface area (Å²) in [5.74, 6) is -0.0583. The third kappa shape index (κ3) is 1.58. The van der Waals surface area contributed by atoms with Gasteiger partial charge in [0.05, 0.1) is 5.41 Å². The quantitative estimate of drug-likeness (QED) is 0.614. The number of hydrogen-bond donors (Lipinski definition) is 1. The predicted molar refractivity (Wildman–Crippen MR) is 63.7 cm³/mol. The predicted octanol–water partition coefficient (Wildman–Crippen LogP) is 2.00. The van der Waals surface area contributed by atoms with Gasteiger partial charge in [-0.05, 0) is 49.9 Å². The molecular formula is C14H18O4. The van der Waals surface area contributed by atoms with Gasteiger partial charge in [0.1, 0.15) is 6.10 Å². The van der Waals surface area contributed by atoms with Crippen LogP contribution in [-0.2, 0) is 14.3 Å². The Bertz CT molecular complexity index is 398. The van der Waals surface area contributed by atoms with Gasteiger partial charge in [0.25, 0.3) is 0 Å². The van der Waals surface area contributed by atoms with E-state index in [-0.39, 0.29) is 23.9 Å². The van der Waals surface area contributed by atoms with Crippen LogP contribution in [0, 0.1) is 23.2 Å². The van der Waals surface area contributed by atoms with Gasteiger partial charge in [0.15, 0.2) is 0 Å². The number of hydrogen-bond acceptors (Lipinski definition) is 3. The number of rotatable bonds is 3. The summed E-state index contributed by atoms with van der Waals surface area (Å²) >= 11 is 0. The maximum absolute atomic E-state index is 11.5. The number of carboxylic acids is 1. The zero-order valence-electron chi connectivity index (χ0n) is 10.3. The molecule has 0 aromatic rings. The molecule has 4 aliphatic rings. The van der Waals surface area contributed by atoms with E-state index in [0.29, 0.717) is 18.8 Å². The first kappa shape index (κ1) is 11.8. The monoisotopic (exact) mass is 250 g/mol. The summed E-state index contributed by atoms with van der Waals surface area (Å²) in [6.07, 6.45) is 5.30. The van der Waals surface area contributed by atoms with E-state index in [1.165, 1.54) is 6.08 Å². The lowest BCUT2D eigenvalue weighted by Crippen LogP contribution is -2.57. The fourth-order valence-corrected chi connectivity index (χ4v) is 4.61. The van der Waals surface area contributed by atoms with Crippen LogP contribution in [0.25, 0.3) is 0 Å². The normalized spacial score (nSPS) is 44.7. The highest BCUT2D eigenvalue weighted by Crippen LogP contribution is 2.60. The molecule has 0 radical (unpaired) electrons. The van der Waals surface area contributed by atoms with E-state index in [2.05, 4.69) is 6.58 Å². The lowest BCUT2D eigenvalue weighted by atomic mass is 9.48. The fourth-order valence-electron chi connectivity index (χ4n) is 4.61. The van der Waals surface area contributed by atoms with E-state index in [9.17, 15) is 14.7 Å². The molecule has 1 N–H and O–H groups in total. The van der Waals surface area contributed by atoms with E-state index in [4.69, 9.17) is 4.74 Å². The van der Waals surface area contributed by atoms with Crippen molar-refractivity contribution in [1.82, 2.24) is 0 Å². The van der Waals surface area contributed by atoms with Crippen molar-refractivity contribution in [3.8, 4) is 0 Å². The Morgan fingerprint density at radius 1 is 1.22 bits per heavy atom. The van der Waals surface area contributed by atoms with Crippen LogP contribution in [0.2, 0.25) is 0 Å². The molecule has 0 heterocycles. The fraction of sp³-hybridized carbons (Fsp3) is 0.714. The summed E-state index contributed by atoms with van der Waals surface area (Å²) in [5, 5.41) is 9.47. The van der Waals surface area contributed by atoms with E-state index in [1.807, 2.05) is 0 Å². The van der Waals surface area contributed by atoms with Crippen LogP contribution in [0.15, 0.2) is 12.7 Å². The summed E-state index contributed by atoms with van der Waals surface area (Å²) < 4.78 is 5.45. The second-order valence-corrected chi connectivity index (χ2v) is 6.16. The van der Waals surface area contributed by atoms with Crippen LogP contribution in [0.3, 0.4) is 0 Å². The molecule has 4 aliphatic carbocycles. The zero-order valence-corrected chi connectivity index (χ0v) is 10.3. The molecule has 0 aliphatic heterocycles. The van der Waals surface area contributed by atoms with Gasteiger partial charge in [0.2, 0.25) is 0 Å². The third-order valence-electron chi connectivity index (χ3n) is 5.06. The van der Waals surface area contributed by atoms with Crippen LogP contribution in [-0.4, -0.2) is 23.1 Å². The lowest BCUT2D eigenvalue weighted by molar-refractivity contribution is -0.189. The Hall–Kier alpha value is -1.32. The molecule has 98 valence electrons. The second kappa shape index (κ2) is 3.84. The lowest BCUT2D eigenvalue weighted by Gasteiger charge is -2.57. The van der Waals surface area contributed by atoms with Crippen LogP contribution in [0.4, 0.5) is 0 Å². The first-order valence-electron chi connectivity index (χ1n) is 6.60. The van der Waals surface area contributed by atoms with Crippen LogP contribution in [0.1, 0.15) is 32.1 Å². The van der Waals surface area contributed by atoms with Crippen LogP contribution < -0.4 is 0 Å². The Morgan fingerprint density at radius 3 is 2.33 bits per heavy atom. The van der Waals surface area contributed by atoms with E-state index >= 15 is 0 Å². The average molecular weight is 250 g/mol. The van der Waals surface area contributed by atoms with Crippen molar-refractivity contribution in [2.45, 2.75) is 38.2 Å². The van der Waals surface area contributed by atoms with Gasteiger partial charge in [-0.2, -0.15) is 0 Å². The summed E-state index contributed by atoms with van der Waals surface area (Å²) in [4.78, 5) is 22.9. The standard InChI is InChI=1S/C14H18O4/c1-2-11(15)18-12-9-3-8-4-10(12)7-14(5-8,6-9)13(16)17/h2,8-10,12H,1,3-7H2,(H,16,17). The zero-order chi connectivity index (χ0) is 12.9. The molecular weight excluding hydrogens is 232 g/mol. The molecule has 0 aromatic carbocycles. The summed E-state index contributed by atoms with van der Waals surface area (Å²) in [7, 11) is 0. The minimum Gasteiger partial charge on any atom is -0.481 e. The summed E-state index contributed by atoms with van der Waals surface area (Å²) in [6, 6.07) is 0. The molecule has 2 atom stereocenters. The highest BCUT2D eigenvalue weighted by molar-refractivity contribution is 5.81. The minimum atomic E-state index is -0.657. The van der Waals surface area contributed by atoms with Crippen molar-refractivity contribution in [1.29, 1.82) is 0 Å². The molecule has 0 amide bonds. The minimum absolute atomic E-state index is 0.0838. The maximum Gasteiger partial charge on any atom is 0.330 e. The Balaban J connectivity index is 1.82. The number of carbonyl (C=O) groups is 2. The SMILES string of the molecule is C=CC(=O)OC1C2CC3CC1CC(C(=O)O)(C3)C2. The number of ether oxygens (including phenoxy) is 1. The van der Waals surface area contributed by atoms with Gasteiger partial charge in [-0.1, -0.05) is 6.58 Å². The molecule has 4 nitrogen and oxygen atoms in total. The Morgan fingerprint density at radius 2 is 1.83 bits per heavy atom. The number of carboxylic acid groups (broad SMARTS) is 1. The van der Waals surface area contributed by atoms with Gasteiger partial charge >= 0.3 is 11.9 Å². The highest BCUT2D eigenvalue weighted by Gasteiger charge is 2.59. The van der Waals surface area contributed by atoms with E-state index in [1.54, 1.807) is 0 Å². The topological polar surface area (TPSA) is 63.6 Å². The Labute approximate surface area is 106 Å². The van der Waals surface area contributed by atoms with Crippen molar-refractivity contribution < 1.29 is 19.4 Å².